The Hall–Kier alpha value is -3.50. The summed E-state index contributed by atoms with van der Waals surface area (Å²) in [5.74, 6) is 0.505. The van der Waals surface area contributed by atoms with E-state index in [-0.39, 0.29) is 5.78 Å². The molecule has 1 heterocycles. The molecule has 1 aromatic heterocycles. The van der Waals surface area contributed by atoms with Crippen LogP contribution in [-0.2, 0) is 6.61 Å². The first-order chi connectivity index (χ1) is 15.1. The molecule has 0 N–H and O–H groups in total. The van der Waals surface area contributed by atoms with Gasteiger partial charge < -0.3 is 4.74 Å². The topological polar surface area (TPSA) is 39.2 Å². The lowest BCUT2D eigenvalue weighted by Gasteiger charge is -2.13. The number of allylic oxidation sites excluding steroid dienone is 1. The minimum atomic E-state index is -0.0968. The molecule has 0 spiro atoms. The van der Waals surface area contributed by atoms with Gasteiger partial charge in [-0.25, -0.2) is 4.98 Å². The van der Waals surface area contributed by atoms with Crippen molar-refractivity contribution in [2.24, 2.45) is 0 Å². The lowest BCUT2D eigenvalue weighted by molar-refractivity contribution is 0.104. The number of hydrogen-bond donors (Lipinski definition) is 0. The highest BCUT2D eigenvalue weighted by atomic mass is 32.1. The molecule has 0 aliphatic heterocycles. The standard InChI is InChI=1S/C27H23NO2S/c1-19-15-24(26(16-20(19)2)30-17-21-9-5-3-6-10-21)25(29)14-13-23-18-31-27(28-23)22-11-7-4-8-12-22/h3-16,18H,17H2,1-2H3. The van der Waals surface area contributed by atoms with Gasteiger partial charge in [-0.3, -0.25) is 4.79 Å². The first-order valence-electron chi connectivity index (χ1n) is 10.1. The van der Waals surface area contributed by atoms with Crippen LogP contribution in [0.3, 0.4) is 0 Å². The van der Waals surface area contributed by atoms with E-state index >= 15 is 0 Å². The van der Waals surface area contributed by atoms with E-state index in [4.69, 9.17) is 4.74 Å². The van der Waals surface area contributed by atoms with Crippen LogP contribution in [0.15, 0.2) is 84.3 Å². The van der Waals surface area contributed by atoms with Gasteiger partial charge in [-0.2, -0.15) is 0 Å². The molecule has 0 aliphatic carbocycles. The van der Waals surface area contributed by atoms with Gasteiger partial charge in [-0.1, -0.05) is 60.7 Å². The maximum Gasteiger partial charge on any atom is 0.189 e. The Bertz CT molecular complexity index is 1210. The van der Waals surface area contributed by atoms with Crippen LogP contribution in [0.1, 0.15) is 32.7 Å². The summed E-state index contributed by atoms with van der Waals surface area (Å²) < 4.78 is 6.03. The fourth-order valence-electron chi connectivity index (χ4n) is 3.16. The van der Waals surface area contributed by atoms with Crippen molar-refractivity contribution >= 4 is 23.2 Å². The smallest absolute Gasteiger partial charge is 0.189 e. The zero-order valence-corrected chi connectivity index (χ0v) is 18.4. The minimum absolute atomic E-state index is 0.0968. The molecule has 4 heteroatoms. The van der Waals surface area contributed by atoms with Crippen LogP contribution in [0, 0.1) is 13.8 Å². The molecule has 3 aromatic carbocycles. The van der Waals surface area contributed by atoms with E-state index in [1.165, 1.54) is 0 Å². The summed E-state index contributed by atoms with van der Waals surface area (Å²) in [6, 6.07) is 23.8. The second-order valence-electron chi connectivity index (χ2n) is 7.35. The maximum absolute atomic E-state index is 13.0. The molecule has 4 aromatic rings. The number of aromatic nitrogens is 1. The molecule has 0 fully saturated rings. The highest BCUT2D eigenvalue weighted by Crippen LogP contribution is 2.27. The van der Waals surface area contributed by atoms with Gasteiger partial charge in [0.05, 0.1) is 11.3 Å². The molecular weight excluding hydrogens is 402 g/mol. The molecule has 0 unspecified atom stereocenters. The van der Waals surface area contributed by atoms with E-state index in [2.05, 4.69) is 4.98 Å². The first kappa shape index (κ1) is 20.8. The quantitative estimate of drug-likeness (QED) is 0.239. The highest BCUT2D eigenvalue weighted by Gasteiger charge is 2.13. The fraction of sp³-hybridized carbons (Fsp3) is 0.111. The van der Waals surface area contributed by atoms with Crippen LogP contribution < -0.4 is 4.74 Å². The number of nitrogens with zero attached hydrogens (tertiary/aromatic N) is 1. The molecule has 31 heavy (non-hydrogen) atoms. The maximum atomic E-state index is 13.0. The molecule has 0 atom stereocenters. The van der Waals surface area contributed by atoms with Crippen LogP contribution in [0.5, 0.6) is 5.75 Å². The molecule has 0 saturated heterocycles. The lowest BCUT2D eigenvalue weighted by Crippen LogP contribution is -2.04. The van der Waals surface area contributed by atoms with Crippen molar-refractivity contribution in [1.82, 2.24) is 4.98 Å². The van der Waals surface area contributed by atoms with E-state index in [0.29, 0.717) is 17.9 Å². The van der Waals surface area contributed by atoms with Gasteiger partial charge in [0, 0.05) is 10.9 Å². The van der Waals surface area contributed by atoms with Gasteiger partial charge >= 0.3 is 0 Å². The molecule has 0 saturated carbocycles. The number of carbonyl (C=O) groups excluding carboxylic acids is 1. The normalized spacial score (nSPS) is 11.0. The molecule has 3 nitrogen and oxygen atoms in total. The van der Waals surface area contributed by atoms with E-state index in [1.54, 1.807) is 23.5 Å². The van der Waals surface area contributed by atoms with Crippen molar-refractivity contribution in [3.63, 3.8) is 0 Å². The number of rotatable bonds is 7. The Morgan fingerprint density at radius 1 is 0.968 bits per heavy atom. The van der Waals surface area contributed by atoms with Gasteiger partial charge in [-0.05, 0) is 54.8 Å². The summed E-state index contributed by atoms with van der Waals surface area (Å²) in [4.78, 5) is 17.6. The third-order valence-corrected chi connectivity index (χ3v) is 5.96. The number of aryl methyl sites for hydroxylation is 2. The monoisotopic (exact) mass is 425 g/mol. The van der Waals surface area contributed by atoms with Crippen molar-refractivity contribution in [1.29, 1.82) is 0 Å². The van der Waals surface area contributed by atoms with Gasteiger partial charge in [0.15, 0.2) is 5.78 Å². The van der Waals surface area contributed by atoms with Crippen LogP contribution >= 0.6 is 11.3 Å². The summed E-state index contributed by atoms with van der Waals surface area (Å²) in [5, 5.41) is 2.89. The number of benzene rings is 3. The summed E-state index contributed by atoms with van der Waals surface area (Å²) in [7, 11) is 0. The Morgan fingerprint density at radius 3 is 2.39 bits per heavy atom. The van der Waals surface area contributed by atoms with Crippen molar-refractivity contribution in [2.75, 3.05) is 0 Å². The Labute approximate surface area is 186 Å². The highest BCUT2D eigenvalue weighted by molar-refractivity contribution is 7.13. The van der Waals surface area contributed by atoms with Gasteiger partial charge in [0.25, 0.3) is 0 Å². The molecule has 0 bridgehead atoms. The third-order valence-electron chi connectivity index (χ3n) is 5.05. The number of hydrogen-bond acceptors (Lipinski definition) is 4. The fourth-order valence-corrected chi connectivity index (χ4v) is 3.96. The third kappa shape index (κ3) is 5.16. The Kier molecular flexibility index (Phi) is 6.39. The van der Waals surface area contributed by atoms with Crippen LogP contribution in [0.4, 0.5) is 0 Å². The van der Waals surface area contributed by atoms with E-state index in [0.717, 1.165) is 33.0 Å². The van der Waals surface area contributed by atoms with Crippen molar-refractivity contribution in [2.45, 2.75) is 20.5 Å². The average Bonchev–Trinajstić information content (AvgIpc) is 3.28. The number of ether oxygens (including phenoxy) is 1. The second kappa shape index (κ2) is 9.54. The van der Waals surface area contributed by atoms with E-state index in [1.807, 2.05) is 92.0 Å². The predicted molar refractivity (Wildman–Crippen MR) is 128 cm³/mol. The molecule has 0 radical (unpaired) electrons. The van der Waals surface area contributed by atoms with Crippen LogP contribution in [-0.4, -0.2) is 10.8 Å². The first-order valence-corrected chi connectivity index (χ1v) is 11.0. The number of carbonyl (C=O) groups is 1. The van der Waals surface area contributed by atoms with Gasteiger partial charge in [0.1, 0.15) is 17.4 Å². The average molecular weight is 426 g/mol. The van der Waals surface area contributed by atoms with E-state index < -0.39 is 0 Å². The zero-order valence-electron chi connectivity index (χ0n) is 17.5. The molecular formula is C27H23NO2S. The zero-order chi connectivity index (χ0) is 21.6. The summed E-state index contributed by atoms with van der Waals surface area (Å²) in [6.45, 7) is 4.44. The molecule has 4 rings (SSSR count). The van der Waals surface area contributed by atoms with Crippen molar-refractivity contribution in [3.8, 4) is 16.3 Å². The predicted octanol–water partition coefficient (Wildman–Crippen LogP) is 6.90. The summed E-state index contributed by atoms with van der Waals surface area (Å²) in [6.07, 6.45) is 3.34. The second-order valence-corrected chi connectivity index (χ2v) is 8.21. The Balaban J connectivity index is 1.53. The summed E-state index contributed by atoms with van der Waals surface area (Å²) in [5.41, 5.74) is 5.62. The van der Waals surface area contributed by atoms with Gasteiger partial charge in [0.2, 0.25) is 0 Å². The minimum Gasteiger partial charge on any atom is -0.488 e. The number of thiazole rings is 1. The van der Waals surface area contributed by atoms with Gasteiger partial charge in [-0.15, -0.1) is 11.3 Å². The number of ketones is 1. The lowest BCUT2D eigenvalue weighted by atomic mass is 10.0. The van der Waals surface area contributed by atoms with Crippen LogP contribution in [0.25, 0.3) is 16.6 Å². The largest absolute Gasteiger partial charge is 0.488 e. The summed E-state index contributed by atoms with van der Waals surface area (Å²) >= 11 is 1.57. The molecule has 0 amide bonds. The van der Waals surface area contributed by atoms with Crippen molar-refractivity contribution in [3.05, 3.63) is 112 Å². The molecule has 154 valence electrons. The van der Waals surface area contributed by atoms with Crippen molar-refractivity contribution < 1.29 is 9.53 Å². The Morgan fingerprint density at radius 2 is 1.65 bits per heavy atom. The van der Waals surface area contributed by atoms with Crippen LogP contribution in [0.2, 0.25) is 0 Å². The van der Waals surface area contributed by atoms with E-state index in [9.17, 15) is 4.79 Å². The SMILES string of the molecule is Cc1cc(OCc2ccccc2)c(C(=O)C=Cc2csc(-c3ccccc3)n2)cc1C. The molecule has 0 aliphatic rings.